The lowest BCUT2D eigenvalue weighted by molar-refractivity contribution is 0.0212. The number of fused-ring (bicyclic) bond motifs is 1. The lowest BCUT2D eigenvalue weighted by atomic mass is 9.88. The molecule has 2 bridgehead atoms. The zero-order valence-corrected chi connectivity index (χ0v) is 8.62. The van der Waals surface area contributed by atoms with Crippen LogP contribution in [0.5, 0.6) is 0 Å². The van der Waals surface area contributed by atoms with Crippen molar-refractivity contribution >= 4 is 0 Å². The highest BCUT2D eigenvalue weighted by atomic mass is 16.5. The van der Waals surface area contributed by atoms with Crippen LogP contribution in [-0.2, 0) is 4.74 Å². The van der Waals surface area contributed by atoms with Gasteiger partial charge in [-0.3, -0.25) is 0 Å². The molecule has 76 valence electrons. The smallest absolute Gasteiger partial charge is 0.108 e. The zero-order chi connectivity index (χ0) is 9.54. The Morgan fingerprint density at radius 1 is 1.36 bits per heavy atom. The predicted molar refractivity (Wildman–Crippen MR) is 54.7 cm³/mol. The molecular formula is C12H17NO. The monoisotopic (exact) mass is 191 g/mol. The van der Waals surface area contributed by atoms with E-state index in [2.05, 4.69) is 17.2 Å². The van der Waals surface area contributed by atoms with Crippen molar-refractivity contribution in [2.24, 2.45) is 17.8 Å². The van der Waals surface area contributed by atoms with Crippen LogP contribution in [0.3, 0.4) is 0 Å². The van der Waals surface area contributed by atoms with Gasteiger partial charge < -0.3 is 10.1 Å². The van der Waals surface area contributed by atoms with Crippen LogP contribution in [0.2, 0.25) is 0 Å². The first-order valence-corrected chi connectivity index (χ1v) is 5.64. The second-order valence-electron chi connectivity index (χ2n) is 4.79. The van der Waals surface area contributed by atoms with Crippen molar-refractivity contribution in [3.63, 3.8) is 0 Å². The van der Waals surface area contributed by atoms with Crippen molar-refractivity contribution < 1.29 is 4.74 Å². The summed E-state index contributed by atoms with van der Waals surface area (Å²) in [4.78, 5) is 0. The molecule has 1 saturated heterocycles. The van der Waals surface area contributed by atoms with Gasteiger partial charge in [0.15, 0.2) is 0 Å². The molecule has 1 N–H and O–H groups in total. The number of hydrogen-bond acceptors (Lipinski definition) is 2. The minimum absolute atomic E-state index is 0.458. The normalized spacial score (nSPS) is 47.9. The fraction of sp³-hybridized carbons (Fsp3) is 0.833. The van der Waals surface area contributed by atoms with Crippen LogP contribution in [0.25, 0.3) is 0 Å². The fourth-order valence-corrected chi connectivity index (χ4v) is 3.69. The van der Waals surface area contributed by atoms with Crippen LogP contribution in [0.15, 0.2) is 0 Å². The Morgan fingerprint density at radius 2 is 2.29 bits per heavy atom. The molecule has 0 aromatic rings. The molecule has 5 unspecified atom stereocenters. The van der Waals surface area contributed by atoms with Crippen LogP contribution in [0, 0.1) is 29.6 Å². The maximum absolute atomic E-state index is 5.87. The van der Waals surface area contributed by atoms with E-state index < -0.39 is 0 Å². The molecule has 2 heteroatoms. The Hall–Kier alpha value is -0.520. The highest BCUT2D eigenvalue weighted by Gasteiger charge is 2.56. The molecule has 2 nitrogen and oxygen atoms in total. The first-order valence-electron chi connectivity index (χ1n) is 5.64. The molecule has 3 fully saturated rings. The summed E-state index contributed by atoms with van der Waals surface area (Å²) in [5.41, 5.74) is 0. The van der Waals surface area contributed by atoms with Crippen molar-refractivity contribution in [2.45, 2.75) is 31.9 Å². The van der Waals surface area contributed by atoms with E-state index in [4.69, 9.17) is 4.74 Å². The van der Waals surface area contributed by atoms with E-state index in [-0.39, 0.29) is 0 Å². The van der Waals surface area contributed by atoms with Crippen LogP contribution in [0.1, 0.15) is 19.8 Å². The van der Waals surface area contributed by atoms with Crippen LogP contribution < -0.4 is 5.32 Å². The molecule has 3 aliphatic rings. The van der Waals surface area contributed by atoms with Gasteiger partial charge in [0.25, 0.3) is 0 Å². The second-order valence-corrected chi connectivity index (χ2v) is 4.79. The second kappa shape index (κ2) is 3.25. The minimum atomic E-state index is 0.458. The molecule has 2 saturated carbocycles. The molecule has 0 spiro atoms. The zero-order valence-electron chi connectivity index (χ0n) is 8.62. The maximum atomic E-state index is 5.87. The lowest BCUT2D eigenvalue weighted by Crippen LogP contribution is -2.39. The minimum Gasteiger partial charge on any atom is -0.364 e. The van der Waals surface area contributed by atoms with Gasteiger partial charge in [-0.15, -0.1) is 5.92 Å². The van der Waals surface area contributed by atoms with Gasteiger partial charge in [-0.1, -0.05) is 5.92 Å². The number of rotatable bonds is 2. The number of nitrogens with one attached hydrogen (secondary N) is 1. The van der Waals surface area contributed by atoms with E-state index >= 15 is 0 Å². The molecule has 0 aromatic heterocycles. The van der Waals surface area contributed by atoms with E-state index in [1.165, 1.54) is 19.4 Å². The third-order valence-corrected chi connectivity index (χ3v) is 4.21. The van der Waals surface area contributed by atoms with Crippen LogP contribution >= 0.6 is 0 Å². The summed E-state index contributed by atoms with van der Waals surface area (Å²) < 4.78 is 5.87. The third kappa shape index (κ3) is 1.12. The molecule has 3 rings (SSSR count). The highest BCUT2D eigenvalue weighted by molar-refractivity contribution is 5.10. The van der Waals surface area contributed by atoms with Crippen LogP contribution in [0.4, 0.5) is 0 Å². The lowest BCUT2D eigenvalue weighted by Gasteiger charge is -2.26. The van der Waals surface area contributed by atoms with E-state index in [1.807, 2.05) is 6.92 Å². The molecule has 5 atom stereocenters. The Bertz CT molecular complexity index is 288. The summed E-state index contributed by atoms with van der Waals surface area (Å²) >= 11 is 0. The summed E-state index contributed by atoms with van der Waals surface area (Å²) in [6.07, 6.45) is 3.24. The Balaban J connectivity index is 1.67. The van der Waals surface area contributed by atoms with Gasteiger partial charge in [-0.05, 0) is 44.1 Å². The first kappa shape index (κ1) is 8.76. The van der Waals surface area contributed by atoms with E-state index in [1.54, 1.807) is 0 Å². The number of ether oxygens (including phenoxy) is 1. The molecular weight excluding hydrogens is 174 g/mol. The summed E-state index contributed by atoms with van der Waals surface area (Å²) in [5.74, 6) is 8.58. The molecule has 1 aliphatic heterocycles. The van der Waals surface area contributed by atoms with E-state index in [0.717, 1.165) is 17.8 Å². The first-order chi connectivity index (χ1) is 6.90. The van der Waals surface area contributed by atoms with Gasteiger partial charge in [-0.25, -0.2) is 0 Å². The molecule has 2 aliphatic carbocycles. The molecule has 0 aromatic carbocycles. The van der Waals surface area contributed by atoms with Gasteiger partial charge >= 0.3 is 0 Å². The van der Waals surface area contributed by atoms with Crippen molar-refractivity contribution in [1.29, 1.82) is 0 Å². The Kier molecular flexibility index (Phi) is 2.04. The fourth-order valence-electron chi connectivity index (χ4n) is 3.69. The van der Waals surface area contributed by atoms with Gasteiger partial charge in [0.05, 0.1) is 6.10 Å². The SMILES string of the molecule is CC#CCOC1C2CC3CNC1C3C2. The molecule has 1 heterocycles. The largest absolute Gasteiger partial charge is 0.364 e. The van der Waals surface area contributed by atoms with E-state index in [9.17, 15) is 0 Å². The molecule has 0 amide bonds. The van der Waals surface area contributed by atoms with Crippen molar-refractivity contribution in [3.8, 4) is 11.8 Å². The van der Waals surface area contributed by atoms with Crippen molar-refractivity contribution in [2.75, 3.05) is 13.2 Å². The van der Waals surface area contributed by atoms with Crippen molar-refractivity contribution in [3.05, 3.63) is 0 Å². The topological polar surface area (TPSA) is 21.3 Å². The van der Waals surface area contributed by atoms with E-state index in [0.29, 0.717) is 18.8 Å². The Labute approximate surface area is 85.4 Å². The summed E-state index contributed by atoms with van der Waals surface area (Å²) in [6.45, 7) is 3.71. The quantitative estimate of drug-likeness (QED) is 0.658. The standard InChI is InChI=1S/C12H17NO/c1-2-3-4-14-12-8-5-9-7-13-11(12)10(9)6-8/h8-13H,4-7H2,1H3. The molecule has 0 radical (unpaired) electrons. The van der Waals surface area contributed by atoms with Gasteiger partial charge in [-0.2, -0.15) is 0 Å². The predicted octanol–water partition coefficient (Wildman–Crippen LogP) is 1.02. The maximum Gasteiger partial charge on any atom is 0.108 e. The molecule has 14 heavy (non-hydrogen) atoms. The average molecular weight is 191 g/mol. The highest BCUT2D eigenvalue weighted by Crippen LogP contribution is 2.52. The summed E-state index contributed by atoms with van der Waals surface area (Å²) in [7, 11) is 0. The van der Waals surface area contributed by atoms with Crippen molar-refractivity contribution in [1.82, 2.24) is 5.32 Å². The van der Waals surface area contributed by atoms with Gasteiger partial charge in [0, 0.05) is 6.04 Å². The van der Waals surface area contributed by atoms with Crippen LogP contribution in [-0.4, -0.2) is 25.3 Å². The summed E-state index contributed by atoms with van der Waals surface area (Å²) in [6, 6.07) is 0.650. The average Bonchev–Trinajstić information content (AvgIpc) is 2.76. The van der Waals surface area contributed by atoms with Gasteiger partial charge in [0.2, 0.25) is 0 Å². The summed E-state index contributed by atoms with van der Waals surface area (Å²) in [5, 5.41) is 3.61. The van der Waals surface area contributed by atoms with Gasteiger partial charge in [0.1, 0.15) is 6.61 Å². The number of hydrogen-bond donors (Lipinski definition) is 1. The Morgan fingerprint density at radius 3 is 3.14 bits per heavy atom. The third-order valence-electron chi connectivity index (χ3n) is 4.21.